The quantitative estimate of drug-likeness (QED) is 0.878. The highest BCUT2D eigenvalue weighted by Gasteiger charge is 2.21. The van der Waals surface area contributed by atoms with Crippen LogP contribution in [0.4, 0.5) is 5.69 Å². The van der Waals surface area contributed by atoms with Gasteiger partial charge < -0.3 is 15.4 Å². The molecule has 4 nitrogen and oxygen atoms in total. The number of para-hydroxylation sites is 1. The van der Waals surface area contributed by atoms with Gasteiger partial charge in [-0.15, -0.1) is 12.4 Å². The molecule has 1 aliphatic rings. The molecule has 1 amide bonds. The molecular weight excluding hydrogens is 276 g/mol. The van der Waals surface area contributed by atoms with Crippen LogP contribution in [0.15, 0.2) is 30.3 Å². The average molecular weight is 299 g/mol. The van der Waals surface area contributed by atoms with Gasteiger partial charge in [-0.05, 0) is 37.8 Å². The van der Waals surface area contributed by atoms with E-state index >= 15 is 0 Å². The highest BCUT2D eigenvalue weighted by molar-refractivity contribution is 5.85. The van der Waals surface area contributed by atoms with Crippen LogP contribution in [0.5, 0.6) is 0 Å². The van der Waals surface area contributed by atoms with E-state index in [2.05, 4.69) is 17.6 Å². The zero-order chi connectivity index (χ0) is 13.5. The largest absolute Gasteiger partial charge is 0.381 e. The van der Waals surface area contributed by atoms with Crippen LogP contribution in [0.3, 0.4) is 0 Å². The van der Waals surface area contributed by atoms with Gasteiger partial charge >= 0.3 is 0 Å². The fraction of sp³-hybridized carbons (Fsp3) is 0.533. The summed E-state index contributed by atoms with van der Waals surface area (Å²) < 4.78 is 5.34. The van der Waals surface area contributed by atoms with Crippen LogP contribution in [-0.4, -0.2) is 31.7 Å². The number of nitrogens with one attached hydrogen (secondary N) is 2. The van der Waals surface area contributed by atoms with Crippen LogP contribution in [0, 0.1) is 5.92 Å². The van der Waals surface area contributed by atoms with Crippen molar-refractivity contribution >= 4 is 24.0 Å². The predicted octanol–water partition coefficient (Wildman–Crippen LogP) is 2.45. The second-order valence-electron chi connectivity index (χ2n) is 5.03. The first-order valence-corrected chi connectivity index (χ1v) is 6.92. The summed E-state index contributed by atoms with van der Waals surface area (Å²) in [6.45, 7) is 4.02. The molecule has 112 valence electrons. The van der Waals surface area contributed by atoms with Gasteiger partial charge in [-0.3, -0.25) is 4.79 Å². The summed E-state index contributed by atoms with van der Waals surface area (Å²) in [5.74, 6) is 0.581. The van der Waals surface area contributed by atoms with Crippen molar-refractivity contribution in [3.63, 3.8) is 0 Å². The number of anilines is 1. The molecule has 0 saturated carbocycles. The van der Waals surface area contributed by atoms with E-state index in [-0.39, 0.29) is 24.4 Å². The fourth-order valence-electron chi connectivity index (χ4n) is 2.38. The maximum absolute atomic E-state index is 11.9. The Kier molecular flexibility index (Phi) is 7.41. The minimum absolute atomic E-state index is 0. The predicted molar refractivity (Wildman–Crippen MR) is 83.3 cm³/mol. The Morgan fingerprint density at radius 2 is 1.95 bits per heavy atom. The second-order valence-corrected chi connectivity index (χ2v) is 5.03. The fourth-order valence-corrected chi connectivity index (χ4v) is 2.38. The number of carbonyl (C=O) groups is 1. The molecule has 0 aromatic heterocycles. The highest BCUT2D eigenvalue weighted by Crippen LogP contribution is 2.18. The van der Waals surface area contributed by atoms with Gasteiger partial charge in [0.15, 0.2) is 0 Å². The summed E-state index contributed by atoms with van der Waals surface area (Å²) >= 11 is 0. The van der Waals surface area contributed by atoms with Crippen LogP contribution in [0.25, 0.3) is 0 Å². The summed E-state index contributed by atoms with van der Waals surface area (Å²) in [6.07, 6.45) is 2.07. The Hall–Kier alpha value is -1.26. The summed E-state index contributed by atoms with van der Waals surface area (Å²) in [5.41, 5.74) is 0.969. The smallest absolute Gasteiger partial charge is 0.239 e. The maximum Gasteiger partial charge on any atom is 0.239 e. The Bertz CT molecular complexity index is 394. The Labute approximate surface area is 126 Å². The Morgan fingerprint density at radius 3 is 2.60 bits per heavy atom. The molecule has 1 aromatic carbocycles. The van der Waals surface area contributed by atoms with Crippen LogP contribution in [-0.2, 0) is 9.53 Å². The number of amides is 1. The molecule has 1 saturated heterocycles. The molecule has 1 heterocycles. The first-order chi connectivity index (χ1) is 9.25. The number of ether oxygens (including phenoxy) is 1. The highest BCUT2D eigenvalue weighted by atomic mass is 35.5. The molecule has 0 spiro atoms. The van der Waals surface area contributed by atoms with Crippen molar-refractivity contribution in [1.29, 1.82) is 0 Å². The normalized spacial score (nSPS) is 16.9. The van der Waals surface area contributed by atoms with E-state index in [9.17, 15) is 4.79 Å². The van der Waals surface area contributed by atoms with Gasteiger partial charge in [-0.1, -0.05) is 18.2 Å². The van der Waals surface area contributed by atoms with E-state index in [1.165, 1.54) is 0 Å². The summed E-state index contributed by atoms with van der Waals surface area (Å²) in [4.78, 5) is 11.9. The molecule has 1 aromatic rings. The molecule has 1 unspecified atom stereocenters. The number of benzene rings is 1. The number of rotatable bonds is 5. The average Bonchev–Trinajstić information content (AvgIpc) is 2.47. The number of hydrogen-bond acceptors (Lipinski definition) is 3. The van der Waals surface area contributed by atoms with Gasteiger partial charge in [0, 0.05) is 24.9 Å². The van der Waals surface area contributed by atoms with Crippen LogP contribution >= 0.6 is 12.4 Å². The summed E-state index contributed by atoms with van der Waals surface area (Å²) in [6, 6.07) is 9.98. The third kappa shape index (κ3) is 5.39. The first-order valence-electron chi connectivity index (χ1n) is 6.92. The maximum atomic E-state index is 11.9. The third-order valence-electron chi connectivity index (χ3n) is 3.59. The molecule has 1 aliphatic heterocycles. The molecule has 0 aliphatic carbocycles. The Balaban J connectivity index is 0.00000200. The third-order valence-corrected chi connectivity index (χ3v) is 3.59. The van der Waals surface area contributed by atoms with E-state index < -0.39 is 0 Å². The van der Waals surface area contributed by atoms with Crippen molar-refractivity contribution in [3.8, 4) is 0 Å². The topological polar surface area (TPSA) is 50.4 Å². The van der Waals surface area contributed by atoms with Crippen molar-refractivity contribution in [2.75, 3.05) is 25.1 Å². The number of halogens is 1. The monoisotopic (exact) mass is 298 g/mol. The summed E-state index contributed by atoms with van der Waals surface area (Å²) in [7, 11) is 0. The minimum Gasteiger partial charge on any atom is -0.381 e. The summed E-state index contributed by atoms with van der Waals surface area (Å²) in [5, 5.41) is 6.18. The van der Waals surface area contributed by atoms with Gasteiger partial charge in [0.05, 0.1) is 6.54 Å². The van der Waals surface area contributed by atoms with Gasteiger partial charge in [0.25, 0.3) is 0 Å². The van der Waals surface area contributed by atoms with E-state index in [4.69, 9.17) is 4.74 Å². The lowest BCUT2D eigenvalue weighted by atomic mass is 9.93. The van der Waals surface area contributed by atoms with Crippen molar-refractivity contribution in [3.05, 3.63) is 30.3 Å². The zero-order valence-electron chi connectivity index (χ0n) is 11.8. The van der Waals surface area contributed by atoms with Crippen molar-refractivity contribution in [1.82, 2.24) is 5.32 Å². The minimum atomic E-state index is 0. The molecular formula is C15H23ClN2O2. The van der Waals surface area contributed by atoms with E-state index in [0.717, 1.165) is 31.7 Å². The SMILES string of the molecule is CC(NC(=O)CNc1ccccc1)C1CCOCC1.Cl. The second kappa shape index (κ2) is 8.82. The lowest BCUT2D eigenvalue weighted by Gasteiger charge is -2.28. The van der Waals surface area contributed by atoms with E-state index in [0.29, 0.717) is 12.5 Å². The molecule has 0 bridgehead atoms. The lowest BCUT2D eigenvalue weighted by molar-refractivity contribution is -0.120. The van der Waals surface area contributed by atoms with Crippen molar-refractivity contribution in [2.24, 2.45) is 5.92 Å². The molecule has 2 rings (SSSR count). The lowest BCUT2D eigenvalue weighted by Crippen LogP contribution is -2.42. The Morgan fingerprint density at radius 1 is 1.30 bits per heavy atom. The van der Waals surface area contributed by atoms with Gasteiger partial charge in [0.2, 0.25) is 5.91 Å². The van der Waals surface area contributed by atoms with Crippen molar-refractivity contribution in [2.45, 2.75) is 25.8 Å². The molecule has 0 radical (unpaired) electrons. The molecule has 5 heteroatoms. The molecule has 1 atom stereocenters. The van der Waals surface area contributed by atoms with Gasteiger partial charge in [-0.2, -0.15) is 0 Å². The zero-order valence-corrected chi connectivity index (χ0v) is 12.6. The first kappa shape index (κ1) is 16.8. The number of carbonyl (C=O) groups excluding carboxylic acids is 1. The van der Waals surface area contributed by atoms with Gasteiger partial charge in [0.1, 0.15) is 0 Å². The van der Waals surface area contributed by atoms with Crippen LogP contribution in [0.1, 0.15) is 19.8 Å². The van der Waals surface area contributed by atoms with Gasteiger partial charge in [-0.25, -0.2) is 0 Å². The van der Waals surface area contributed by atoms with Crippen LogP contribution in [0.2, 0.25) is 0 Å². The van der Waals surface area contributed by atoms with E-state index in [1.54, 1.807) is 0 Å². The molecule has 1 fully saturated rings. The standard InChI is InChI=1S/C15H22N2O2.ClH/c1-12(13-7-9-19-10-8-13)17-15(18)11-16-14-5-3-2-4-6-14;/h2-6,12-13,16H,7-11H2,1H3,(H,17,18);1H. The van der Waals surface area contributed by atoms with E-state index in [1.807, 2.05) is 30.3 Å². The number of hydrogen-bond donors (Lipinski definition) is 2. The van der Waals surface area contributed by atoms with Crippen molar-refractivity contribution < 1.29 is 9.53 Å². The molecule has 2 N–H and O–H groups in total. The van der Waals surface area contributed by atoms with Crippen LogP contribution < -0.4 is 10.6 Å². The molecule has 20 heavy (non-hydrogen) atoms.